The standard InChI is InChI=1S/C24H18ClN3O5/c1-32-20-12-15(11-18(25)22(20)33-14-21(29)30)13-26-28-23(16-7-3-2-4-8-16)27-19-10-6-5-9-17(19)24(28)31/h2-13H,14H2,1H3,(H,29,30). The summed E-state index contributed by atoms with van der Waals surface area (Å²) in [5, 5.41) is 13.8. The number of carboxylic acids is 1. The Kier molecular flexibility index (Phi) is 6.37. The first-order chi connectivity index (χ1) is 16.0. The van der Waals surface area contributed by atoms with Crippen molar-refractivity contribution in [3.8, 4) is 22.9 Å². The van der Waals surface area contributed by atoms with Crippen LogP contribution >= 0.6 is 11.6 Å². The Morgan fingerprint density at radius 1 is 1.15 bits per heavy atom. The second-order valence-corrected chi connectivity index (χ2v) is 7.30. The van der Waals surface area contributed by atoms with Crippen LogP contribution in [0.25, 0.3) is 22.3 Å². The van der Waals surface area contributed by atoms with Gasteiger partial charge in [0.1, 0.15) is 0 Å². The Hall–Kier alpha value is -4.17. The first kappa shape index (κ1) is 22.0. The number of benzene rings is 3. The van der Waals surface area contributed by atoms with Crippen molar-refractivity contribution >= 4 is 34.7 Å². The lowest BCUT2D eigenvalue weighted by molar-refractivity contribution is -0.139. The molecule has 33 heavy (non-hydrogen) atoms. The number of carboxylic acid groups (broad SMARTS) is 1. The van der Waals surface area contributed by atoms with Gasteiger partial charge in [-0.2, -0.15) is 9.78 Å². The molecular weight excluding hydrogens is 446 g/mol. The van der Waals surface area contributed by atoms with Gasteiger partial charge in [-0.15, -0.1) is 0 Å². The number of ether oxygens (including phenoxy) is 2. The van der Waals surface area contributed by atoms with Gasteiger partial charge in [-0.25, -0.2) is 9.78 Å². The van der Waals surface area contributed by atoms with Gasteiger partial charge < -0.3 is 14.6 Å². The summed E-state index contributed by atoms with van der Waals surface area (Å²) in [6, 6.07) is 19.4. The van der Waals surface area contributed by atoms with E-state index in [9.17, 15) is 9.59 Å². The number of rotatable bonds is 7. The topological polar surface area (TPSA) is 103 Å². The first-order valence-electron chi connectivity index (χ1n) is 9.81. The van der Waals surface area contributed by atoms with Crippen LogP contribution in [0.1, 0.15) is 5.56 Å². The van der Waals surface area contributed by atoms with Crippen LogP contribution in [0.15, 0.2) is 76.6 Å². The third-order valence-corrected chi connectivity index (χ3v) is 4.98. The fraction of sp³-hybridized carbons (Fsp3) is 0.0833. The predicted molar refractivity (Wildman–Crippen MR) is 126 cm³/mol. The molecule has 0 saturated heterocycles. The van der Waals surface area contributed by atoms with Crippen LogP contribution in [-0.2, 0) is 4.79 Å². The molecule has 4 rings (SSSR count). The van der Waals surface area contributed by atoms with Crippen LogP contribution in [0.3, 0.4) is 0 Å². The largest absolute Gasteiger partial charge is 0.493 e. The molecule has 0 amide bonds. The van der Waals surface area contributed by atoms with E-state index >= 15 is 0 Å². The van der Waals surface area contributed by atoms with Crippen molar-refractivity contribution in [3.63, 3.8) is 0 Å². The molecule has 166 valence electrons. The van der Waals surface area contributed by atoms with E-state index in [4.69, 9.17) is 26.2 Å². The minimum Gasteiger partial charge on any atom is -0.493 e. The number of hydrogen-bond acceptors (Lipinski definition) is 6. The molecule has 0 unspecified atom stereocenters. The number of hydrogen-bond donors (Lipinski definition) is 1. The quantitative estimate of drug-likeness (QED) is 0.414. The van der Waals surface area contributed by atoms with Gasteiger partial charge in [-0.1, -0.05) is 54.1 Å². The highest BCUT2D eigenvalue weighted by atomic mass is 35.5. The molecular formula is C24H18ClN3O5. The lowest BCUT2D eigenvalue weighted by Crippen LogP contribution is -2.20. The molecule has 0 aliphatic rings. The summed E-state index contributed by atoms with van der Waals surface area (Å²) in [6.45, 7) is -0.567. The van der Waals surface area contributed by atoms with Gasteiger partial charge in [-0.3, -0.25) is 4.79 Å². The Morgan fingerprint density at radius 2 is 1.88 bits per heavy atom. The van der Waals surface area contributed by atoms with Gasteiger partial charge in [0, 0.05) is 5.56 Å². The molecule has 0 radical (unpaired) electrons. The molecule has 8 nitrogen and oxygen atoms in total. The van der Waals surface area contributed by atoms with E-state index in [1.165, 1.54) is 24.1 Å². The number of aliphatic carboxylic acids is 1. The number of halogens is 1. The van der Waals surface area contributed by atoms with Crippen LogP contribution in [-0.4, -0.2) is 40.7 Å². The van der Waals surface area contributed by atoms with Gasteiger partial charge in [0.05, 0.1) is 29.2 Å². The normalized spacial score (nSPS) is 11.1. The summed E-state index contributed by atoms with van der Waals surface area (Å²) in [6.07, 6.45) is 1.44. The minimum absolute atomic E-state index is 0.105. The molecule has 1 aromatic heterocycles. The maximum Gasteiger partial charge on any atom is 0.341 e. The second-order valence-electron chi connectivity index (χ2n) is 6.90. The van der Waals surface area contributed by atoms with Crippen LogP contribution in [0.5, 0.6) is 11.5 Å². The van der Waals surface area contributed by atoms with Crippen molar-refractivity contribution in [2.75, 3.05) is 13.7 Å². The molecule has 0 bridgehead atoms. The van der Waals surface area contributed by atoms with Crippen LogP contribution in [0.2, 0.25) is 5.02 Å². The summed E-state index contributed by atoms with van der Waals surface area (Å²) >= 11 is 6.27. The summed E-state index contributed by atoms with van der Waals surface area (Å²) in [5.74, 6) is -0.420. The van der Waals surface area contributed by atoms with Crippen LogP contribution < -0.4 is 15.0 Å². The number of methoxy groups -OCH3 is 1. The van der Waals surface area contributed by atoms with Gasteiger partial charge >= 0.3 is 5.97 Å². The third kappa shape index (κ3) is 4.70. The summed E-state index contributed by atoms with van der Waals surface area (Å²) < 4.78 is 11.7. The molecule has 0 saturated carbocycles. The SMILES string of the molecule is COc1cc(C=Nn2c(-c3ccccc3)nc3ccccc3c2=O)cc(Cl)c1OCC(=O)O. The lowest BCUT2D eigenvalue weighted by atomic mass is 10.2. The molecule has 4 aromatic rings. The zero-order valence-electron chi connectivity index (χ0n) is 17.4. The number of nitrogens with zero attached hydrogens (tertiary/aromatic N) is 3. The molecule has 0 spiro atoms. The average molecular weight is 464 g/mol. The molecule has 0 aliphatic heterocycles. The van der Waals surface area contributed by atoms with Crippen molar-refractivity contribution < 1.29 is 19.4 Å². The van der Waals surface area contributed by atoms with Gasteiger partial charge in [0.2, 0.25) is 0 Å². The number of carbonyl (C=O) groups is 1. The Balaban J connectivity index is 1.81. The smallest absolute Gasteiger partial charge is 0.341 e. The fourth-order valence-electron chi connectivity index (χ4n) is 3.22. The summed E-state index contributed by atoms with van der Waals surface area (Å²) in [4.78, 5) is 28.7. The van der Waals surface area contributed by atoms with Crippen LogP contribution in [0, 0.1) is 0 Å². The predicted octanol–water partition coefficient (Wildman–Crippen LogP) is 4.07. The van der Waals surface area contributed by atoms with Crippen molar-refractivity contribution in [3.05, 3.63) is 87.7 Å². The number of para-hydroxylation sites is 1. The number of fused-ring (bicyclic) bond motifs is 1. The lowest BCUT2D eigenvalue weighted by Gasteiger charge is -2.12. The highest BCUT2D eigenvalue weighted by Gasteiger charge is 2.15. The van der Waals surface area contributed by atoms with Crippen molar-refractivity contribution in [2.24, 2.45) is 5.10 Å². The van der Waals surface area contributed by atoms with Gasteiger partial charge in [0.25, 0.3) is 5.56 Å². The molecule has 0 atom stereocenters. The van der Waals surface area contributed by atoms with E-state index in [0.717, 1.165) is 5.56 Å². The molecule has 0 fully saturated rings. The van der Waals surface area contributed by atoms with E-state index in [0.29, 0.717) is 22.3 Å². The molecule has 1 heterocycles. The van der Waals surface area contributed by atoms with Crippen LogP contribution in [0.4, 0.5) is 0 Å². The van der Waals surface area contributed by atoms with E-state index in [-0.39, 0.29) is 22.1 Å². The first-order valence-corrected chi connectivity index (χ1v) is 10.2. The Labute approximate surface area is 193 Å². The van der Waals surface area contributed by atoms with Crippen molar-refractivity contribution in [1.29, 1.82) is 0 Å². The van der Waals surface area contributed by atoms with E-state index < -0.39 is 12.6 Å². The monoisotopic (exact) mass is 463 g/mol. The Morgan fingerprint density at radius 3 is 2.61 bits per heavy atom. The highest BCUT2D eigenvalue weighted by molar-refractivity contribution is 6.32. The zero-order valence-corrected chi connectivity index (χ0v) is 18.2. The maximum atomic E-state index is 13.2. The molecule has 1 N–H and O–H groups in total. The molecule has 9 heteroatoms. The van der Waals surface area contributed by atoms with E-state index in [1.807, 2.05) is 36.4 Å². The zero-order chi connectivity index (χ0) is 23.4. The minimum atomic E-state index is -1.14. The van der Waals surface area contributed by atoms with E-state index in [1.54, 1.807) is 24.3 Å². The molecule has 3 aromatic carbocycles. The number of aromatic nitrogens is 2. The maximum absolute atomic E-state index is 13.2. The van der Waals surface area contributed by atoms with E-state index in [2.05, 4.69) is 10.1 Å². The fourth-order valence-corrected chi connectivity index (χ4v) is 3.49. The summed E-state index contributed by atoms with van der Waals surface area (Å²) in [5.41, 5.74) is 1.48. The van der Waals surface area contributed by atoms with Gasteiger partial charge in [0.15, 0.2) is 23.9 Å². The Bertz CT molecular complexity index is 1420. The average Bonchev–Trinajstić information content (AvgIpc) is 2.82. The third-order valence-electron chi connectivity index (χ3n) is 4.70. The summed E-state index contributed by atoms with van der Waals surface area (Å²) in [7, 11) is 1.41. The highest BCUT2D eigenvalue weighted by Crippen LogP contribution is 2.36. The van der Waals surface area contributed by atoms with Crippen molar-refractivity contribution in [1.82, 2.24) is 9.66 Å². The molecule has 0 aliphatic carbocycles. The second kappa shape index (κ2) is 9.54. The van der Waals surface area contributed by atoms with Crippen molar-refractivity contribution in [2.45, 2.75) is 0 Å². The van der Waals surface area contributed by atoms with Gasteiger partial charge in [-0.05, 0) is 29.8 Å².